The van der Waals surface area contributed by atoms with Gasteiger partial charge < -0.3 is 14.8 Å². The van der Waals surface area contributed by atoms with Gasteiger partial charge >= 0.3 is 0 Å². The fourth-order valence-electron chi connectivity index (χ4n) is 3.69. The molecule has 1 aliphatic rings. The Balaban J connectivity index is 1.57. The molecule has 1 fully saturated rings. The van der Waals surface area contributed by atoms with E-state index in [4.69, 9.17) is 18.6 Å². The number of carbonyl (C=O) groups excluding carboxylic acids is 1. The molecule has 33 heavy (non-hydrogen) atoms. The van der Waals surface area contributed by atoms with Gasteiger partial charge in [-0.15, -0.1) is 0 Å². The number of nitrogens with zero attached hydrogens (tertiary/aromatic N) is 6. The minimum absolute atomic E-state index is 0.111. The summed E-state index contributed by atoms with van der Waals surface area (Å²) < 4.78 is 37.0. The van der Waals surface area contributed by atoms with Crippen molar-refractivity contribution in [2.45, 2.75) is 32.4 Å². The second-order valence-corrected chi connectivity index (χ2v) is 8.11. The molecule has 1 atom stereocenters. The number of amides is 1. The van der Waals surface area contributed by atoms with E-state index >= 15 is 0 Å². The second kappa shape index (κ2) is 8.62. The van der Waals surface area contributed by atoms with Crippen molar-refractivity contribution in [3.63, 3.8) is 0 Å². The van der Waals surface area contributed by atoms with Crippen LogP contribution in [0.1, 0.15) is 40.8 Å². The maximum Gasteiger partial charge on any atom is 0.252 e. The molecule has 0 spiro atoms. The van der Waals surface area contributed by atoms with Gasteiger partial charge in [0.2, 0.25) is 5.88 Å². The predicted molar refractivity (Wildman–Crippen MR) is 121 cm³/mol. The van der Waals surface area contributed by atoms with Crippen LogP contribution >= 0.6 is 0 Å². The van der Waals surface area contributed by atoms with Crippen LogP contribution in [0.2, 0.25) is 0 Å². The maximum atomic E-state index is 12.4. The molecule has 1 saturated heterocycles. The number of hydrogen-bond acceptors (Lipinski definition) is 7. The van der Waals surface area contributed by atoms with Crippen LogP contribution in [-0.2, 0) is 4.74 Å². The Bertz CT molecular complexity index is 1410. The summed E-state index contributed by atoms with van der Waals surface area (Å²) in [7, 11) is 0. The van der Waals surface area contributed by atoms with Crippen molar-refractivity contribution in [1.82, 2.24) is 34.7 Å². The van der Waals surface area contributed by atoms with Crippen molar-refractivity contribution < 1.29 is 18.4 Å². The molecule has 1 amide bonds. The van der Waals surface area contributed by atoms with Crippen molar-refractivity contribution in [1.29, 1.82) is 0 Å². The topological polar surface area (TPSA) is 108 Å². The average Bonchev–Trinajstić information content (AvgIpc) is 3.58. The van der Waals surface area contributed by atoms with E-state index in [-0.39, 0.29) is 17.7 Å². The minimum atomic E-state index is -2.60. The first-order valence-corrected chi connectivity index (χ1v) is 10.6. The molecule has 4 aromatic rings. The largest absolute Gasteiger partial charge is 0.471 e. The van der Waals surface area contributed by atoms with Crippen LogP contribution in [0.4, 0.5) is 0 Å². The normalized spacial score (nSPS) is 17.7. The lowest BCUT2D eigenvalue weighted by Gasteiger charge is -2.14. The number of pyridine rings is 1. The fourth-order valence-corrected chi connectivity index (χ4v) is 3.69. The molecule has 0 aliphatic carbocycles. The zero-order valence-corrected chi connectivity index (χ0v) is 18.2. The van der Waals surface area contributed by atoms with Gasteiger partial charge in [-0.1, -0.05) is 0 Å². The van der Waals surface area contributed by atoms with Crippen molar-refractivity contribution in [3.8, 4) is 28.1 Å². The summed E-state index contributed by atoms with van der Waals surface area (Å²) in [6.45, 7) is 2.60. The van der Waals surface area contributed by atoms with Crippen molar-refractivity contribution in [2.75, 3.05) is 20.2 Å². The molecule has 0 radical (unpaired) electrons. The fraction of sp³-hybridized carbons (Fsp3) is 0.348. The number of nitrogens with one attached hydrogen (secondary N) is 1. The molecule has 0 aromatic carbocycles. The summed E-state index contributed by atoms with van der Waals surface area (Å²) in [5.41, 5.74) is 3.36. The molecule has 10 nitrogen and oxygen atoms in total. The van der Waals surface area contributed by atoms with Crippen LogP contribution in [0.25, 0.3) is 27.9 Å². The third kappa shape index (κ3) is 4.05. The van der Waals surface area contributed by atoms with Gasteiger partial charge in [-0.25, -0.2) is 4.52 Å². The molecule has 170 valence electrons. The summed E-state index contributed by atoms with van der Waals surface area (Å²) in [5.74, 6) is -0.323. The quantitative estimate of drug-likeness (QED) is 0.481. The number of carbonyl (C=O) groups is 1. The highest BCUT2D eigenvalue weighted by Crippen LogP contribution is 2.33. The molecule has 1 aliphatic heterocycles. The Hall–Kier alpha value is -3.79. The van der Waals surface area contributed by atoms with Gasteiger partial charge in [0.1, 0.15) is 6.10 Å². The smallest absolute Gasteiger partial charge is 0.252 e. The molecule has 0 unspecified atom stereocenters. The highest BCUT2D eigenvalue weighted by atomic mass is 16.5. The molecule has 1 N–H and O–H groups in total. The number of fused-ring (bicyclic) bond motifs is 1. The van der Waals surface area contributed by atoms with Gasteiger partial charge in [0.15, 0.2) is 5.65 Å². The highest BCUT2D eigenvalue weighted by Gasteiger charge is 2.23. The number of rotatable bonds is 6. The first-order valence-electron chi connectivity index (χ1n) is 12.1. The van der Waals surface area contributed by atoms with Gasteiger partial charge in [0.05, 0.1) is 36.7 Å². The van der Waals surface area contributed by atoms with Crippen LogP contribution in [0.3, 0.4) is 0 Å². The SMILES string of the molecule is [2H]C([2H])([2H])NC(=O)c1cncc(-c2cnn3cc(-c4cnn(C(C)C)c4)c(O[C@H]4CCOC4)nc23)c1. The van der Waals surface area contributed by atoms with Crippen LogP contribution < -0.4 is 10.1 Å². The van der Waals surface area contributed by atoms with Gasteiger partial charge in [-0.3, -0.25) is 14.5 Å². The second-order valence-electron chi connectivity index (χ2n) is 8.11. The molecular weight excluding hydrogens is 422 g/mol. The molecule has 0 bridgehead atoms. The summed E-state index contributed by atoms with van der Waals surface area (Å²) in [6, 6.07) is 1.75. The third-order valence-corrected chi connectivity index (χ3v) is 5.49. The van der Waals surface area contributed by atoms with E-state index in [1.807, 2.05) is 36.2 Å². The molecule has 4 aromatic heterocycles. The first kappa shape index (κ1) is 17.7. The van der Waals surface area contributed by atoms with Gasteiger partial charge in [0, 0.05) is 65.0 Å². The zero-order valence-electron chi connectivity index (χ0n) is 21.2. The Morgan fingerprint density at radius 1 is 1.21 bits per heavy atom. The van der Waals surface area contributed by atoms with Gasteiger partial charge in [0.25, 0.3) is 5.91 Å². The van der Waals surface area contributed by atoms with Crippen molar-refractivity contribution in [3.05, 3.63) is 48.8 Å². The van der Waals surface area contributed by atoms with Crippen molar-refractivity contribution >= 4 is 11.6 Å². The molecule has 10 heteroatoms. The Morgan fingerprint density at radius 2 is 2.12 bits per heavy atom. The van der Waals surface area contributed by atoms with E-state index in [9.17, 15) is 4.79 Å². The highest BCUT2D eigenvalue weighted by molar-refractivity contribution is 5.95. The molecule has 0 saturated carbocycles. The van der Waals surface area contributed by atoms with Gasteiger partial charge in [-0.2, -0.15) is 15.2 Å². The molecular formula is C23H25N7O3. The number of hydrogen-bond donors (Lipinski definition) is 1. The summed E-state index contributed by atoms with van der Waals surface area (Å²) >= 11 is 0. The predicted octanol–water partition coefficient (Wildman–Crippen LogP) is 2.76. The Kier molecular flexibility index (Phi) is 4.63. The van der Waals surface area contributed by atoms with E-state index in [2.05, 4.69) is 15.2 Å². The Labute approximate surface area is 194 Å². The van der Waals surface area contributed by atoms with Crippen LogP contribution in [-0.4, -0.2) is 61.6 Å². The average molecular weight is 451 g/mol. The van der Waals surface area contributed by atoms with Gasteiger partial charge in [-0.05, 0) is 19.9 Å². The standard InChI is InChI=1S/C23H25N7O3/c1-14(2)29-11-17(9-26-29)20-12-30-21(28-23(20)33-18-4-5-32-13-18)19(10-27-30)15-6-16(8-25-7-15)22(31)24-3/h6-12,14,18H,4-5,13H2,1-3H3,(H,24,31)/t18-/m0/s1/i3D3. The van der Waals surface area contributed by atoms with E-state index in [1.54, 1.807) is 29.2 Å². The molecule has 5 heterocycles. The minimum Gasteiger partial charge on any atom is -0.471 e. The molecule has 5 rings (SSSR count). The summed E-state index contributed by atoms with van der Waals surface area (Å²) in [6.07, 6.45) is 10.7. The Morgan fingerprint density at radius 3 is 2.88 bits per heavy atom. The van der Waals surface area contributed by atoms with E-state index < -0.39 is 12.9 Å². The van der Waals surface area contributed by atoms with Crippen LogP contribution in [0, 0.1) is 0 Å². The van der Waals surface area contributed by atoms with Crippen LogP contribution in [0.5, 0.6) is 5.88 Å². The van der Waals surface area contributed by atoms with Crippen LogP contribution in [0.15, 0.2) is 43.2 Å². The summed E-state index contributed by atoms with van der Waals surface area (Å²) in [5, 5.41) is 10.9. The zero-order chi connectivity index (χ0) is 25.4. The lowest BCUT2D eigenvalue weighted by molar-refractivity contribution is 0.0962. The van der Waals surface area contributed by atoms with E-state index in [0.29, 0.717) is 35.9 Å². The number of ether oxygens (including phenoxy) is 2. The lowest BCUT2D eigenvalue weighted by Crippen LogP contribution is -2.18. The van der Waals surface area contributed by atoms with Crippen molar-refractivity contribution in [2.24, 2.45) is 0 Å². The summed E-state index contributed by atoms with van der Waals surface area (Å²) in [4.78, 5) is 21.3. The monoisotopic (exact) mass is 450 g/mol. The maximum absolute atomic E-state index is 12.4. The number of aromatic nitrogens is 6. The lowest BCUT2D eigenvalue weighted by atomic mass is 10.1. The first-order chi connectivity index (χ1) is 17.2. The third-order valence-electron chi connectivity index (χ3n) is 5.49. The van der Waals surface area contributed by atoms with E-state index in [0.717, 1.165) is 17.5 Å². The van der Waals surface area contributed by atoms with E-state index in [1.165, 1.54) is 6.20 Å².